The molecular weight excluding hydrogens is 499 g/mol. The number of halogens is 1. The third-order valence-corrected chi connectivity index (χ3v) is 7.95. The van der Waals surface area contributed by atoms with Crippen molar-refractivity contribution < 1.29 is 27.5 Å². The van der Waals surface area contributed by atoms with E-state index in [9.17, 15) is 27.5 Å². The molecule has 2 atom stereocenters. The summed E-state index contributed by atoms with van der Waals surface area (Å²) in [7, 11) is 0.301. The molecule has 3 aromatic rings. The third-order valence-electron chi connectivity index (χ3n) is 5.81. The van der Waals surface area contributed by atoms with E-state index in [4.69, 9.17) is 5.73 Å². The lowest BCUT2D eigenvalue weighted by molar-refractivity contribution is -0.148. The number of amides is 1. The molecule has 1 fully saturated rings. The molecule has 1 aliphatic heterocycles. The summed E-state index contributed by atoms with van der Waals surface area (Å²) in [5.41, 5.74) is 5.89. The van der Waals surface area contributed by atoms with E-state index in [0.717, 1.165) is 20.5 Å². The summed E-state index contributed by atoms with van der Waals surface area (Å²) >= 11 is 1.09. The lowest BCUT2D eigenvalue weighted by Crippen LogP contribution is -2.48. The standard InChI is InChI=1S/C21H23FN6O5S2/c1-26(2)21-25-10-17(34-21)28(35(32)33)15-4-6-27(19(15)29)16(20(30)31)8-12-7-11-3-5-24-18(23)13(11)9-14(12)22/h3,5,7,9-10,15-16,35H,4,6,8H2,1-2H3,(H2,23,24)(H,30,31)/t15-,16+/m0/s1. The first-order valence-electron chi connectivity index (χ1n) is 10.5. The molecule has 14 heteroatoms. The molecule has 3 heterocycles. The molecule has 1 aliphatic rings. The molecule has 0 aliphatic carbocycles. The van der Waals surface area contributed by atoms with Gasteiger partial charge in [0.2, 0.25) is 16.8 Å². The highest BCUT2D eigenvalue weighted by Crippen LogP contribution is 2.33. The quantitative estimate of drug-likeness (QED) is 0.370. The Morgan fingerprint density at radius 2 is 2.11 bits per heavy atom. The monoisotopic (exact) mass is 522 g/mol. The highest BCUT2D eigenvalue weighted by atomic mass is 32.2. The molecule has 1 saturated heterocycles. The molecular formula is C21H23FN6O5S2. The zero-order valence-electron chi connectivity index (χ0n) is 18.8. The fraction of sp³-hybridized carbons (Fsp3) is 0.333. The van der Waals surface area contributed by atoms with Crippen molar-refractivity contribution in [1.82, 2.24) is 14.9 Å². The summed E-state index contributed by atoms with van der Waals surface area (Å²) in [5, 5.41) is 11.7. The van der Waals surface area contributed by atoms with Gasteiger partial charge in [-0.2, -0.15) is 0 Å². The van der Waals surface area contributed by atoms with Crippen molar-refractivity contribution in [2.75, 3.05) is 35.6 Å². The van der Waals surface area contributed by atoms with Gasteiger partial charge in [-0.15, -0.1) is 0 Å². The van der Waals surface area contributed by atoms with Gasteiger partial charge in [-0.05, 0) is 35.6 Å². The van der Waals surface area contributed by atoms with Crippen molar-refractivity contribution >= 4 is 60.8 Å². The van der Waals surface area contributed by atoms with Crippen LogP contribution in [0.2, 0.25) is 0 Å². The van der Waals surface area contributed by atoms with Crippen molar-refractivity contribution in [2.24, 2.45) is 0 Å². The number of nitrogen functional groups attached to an aromatic ring is 1. The summed E-state index contributed by atoms with van der Waals surface area (Å²) in [6, 6.07) is 1.81. The number of rotatable bonds is 8. The minimum absolute atomic E-state index is 0.00551. The van der Waals surface area contributed by atoms with Gasteiger partial charge in [-0.1, -0.05) is 11.3 Å². The minimum Gasteiger partial charge on any atom is -0.480 e. The highest BCUT2D eigenvalue weighted by Gasteiger charge is 2.43. The van der Waals surface area contributed by atoms with Crippen LogP contribution in [0, 0.1) is 5.82 Å². The molecule has 0 saturated carbocycles. The van der Waals surface area contributed by atoms with Crippen molar-refractivity contribution in [3.8, 4) is 0 Å². The first-order valence-corrected chi connectivity index (χ1v) is 12.5. The fourth-order valence-corrected chi connectivity index (χ4v) is 5.88. The maximum atomic E-state index is 14.8. The summed E-state index contributed by atoms with van der Waals surface area (Å²) in [6.07, 6.45) is 2.61. The molecule has 2 aromatic heterocycles. The van der Waals surface area contributed by atoms with Crippen LogP contribution in [0.3, 0.4) is 0 Å². The van der Waals surface area contributed by atoms with Crippen molar-refractivity contribution in [3.05, 3.63) is 42.0 Å². The van der Waals surface area contributed by atoms with Crippen LogP contribution in [0.25, 0.3) is 10.8 Å². The molecule has 0 bridgehead atoms. The normalized spacial score (nSPS) is 16.7. The largest absolute Gasteiger partial charge is 0.480 e. The highest BCUT2D eigenvalue weighted by molar-refractivity contribution is 7.74. The average molecular weight is 523 g/mol. The minimum atomic E-state index is -3.20. The van der Waals surface area contributed by atoms with Gasteiger partial charge in [0.05, 0.1) is 6.20 Å². The van der Waals surface area contributed by atoms with Crippen LogP contribution in [0.15, 0.2) is 30.6 Å². The number of thiazole rings is 1. The lowest BCUT2D eigenvalue weighted by atomic mass is 10.0. The van der Waals surface area contributed by atoms with Crippen LogP contribution in [-0.4, -0.2) is 73.0 Å². The second-order valence-electron chi connectivity index (χ2n) is 8.21. The molecule has 11 nitrogen and oxygen atoms in total. The smallest absolute Gasteiger partial charge is 0.326 e. The predicted molar refractivity (Wildman–Crippen MR) is 131 cm³/mol. The number of benzene rings is 1. The van der Waals surface area contributed by atoms with Gasteiger partial charge in [0.1, 0.15) is 28.7 Å². The molecule has 1 aromatic carbocycles. The van der Waals surface area contributed by atoms with E-state index in [2.05, 4.69) is 9.97 Å². The number of hydrogen-bond acceptors (Lipinski definition) is 9. The van der Waals surface area contributed by atoms with Crippen molar-refractivity contribution in [1.29, 1.82) is 0 Å². The van der Waals surface area contributed by atoms with Crippen LogP contribution < -0.4 is 14.9 Å². The van der Waals surface area contributed by atoms with Crippen molar-refractivity contribution in [3.63, 3.8) is 0 Å². The van der Waals surface area contributed by atoms with Crippen molar-refractivity contribution in [2.45, 2.75) is 24.9 Å². The number of hydrogen-bond donors (Lipinski definition) is 3. The van der Waals surface area contributed by atoms with Gasteiger partial charge in [0.15, 0.2) is 5.13 Å². The Morgan fingerprint density at radius 3 is 2.74 bits per heavy atom. The Labute approximate surface area is 205 Å². The summed E-state index contributed by atoms with van der Waals surface area (Å²) < 4.78 is 40.0. The second-order valence-corrected chi connectivity index (χ2v) is 10.1. The number of thiol groups is 1. The SMILES string of the molecule is CN(C)c1ncc(N([C@H]2CCN([C@H](Cc3cc4ccnc(N)c4cc3F)C(=O)O)C2=O)[SH](=O)=O)s1. The van der Waals surface area contributed by atoms with Gasteiger partial charge < -0.3 is 20.6 Å². The Bertz CT molecular complexity index is 1370. The fourth-order valence-electron chi connectivity index (χ4n) is 4.10. The molecule has 4 rings (SSSR count). The lowest BCUT2D eigenvalue weighted by Gasteiger charge is -2.27. The van der Waals surface area contributed by atoms with Gasteiger partial charge in [-0.3, -0.25) is 4.79 Å². The molecule has 0 radical (unpaired) electrons. The van der Waals surface area contributed by atoms with Crippen LogP contribution in [0.5, 0.6) is 0 Å². The number of nitrogens with zero attached hydrogens (tertiary/aromatic N) is 5. The van der Waals surface area contributed by atoms with Crippen LogP contribution in [0.4, 0.5) is 20.3 Å². The van der Waals surface area contributed by atoms with Crippen LogP contribution >= 0.6 is 11.3 Å². The zero-order valence-corrected chi connectivity index (χ0v) is 20.5. The number of carbonyl (C=O) groups is 2. The van der Waals surface area contributed by atoms with Gasteiger partial charge in [0, 0.05) is 38.6 Å². The first kappa shape index (κ1) is 24.6. The predicted octanol–water partition coefficient (Wildman–Crippen LogP) is 1.11. The van der Waals surface area contributed by atoms with E-state index >= 15 is 0 Å². The van der Waals surface area contributed by atoms with E-state index in [1.54, 1.807) is 25.1 Å². The number of nitrogens with two attached hydrogens (primary N) is 1. The number of anilines is 3. The van der Waals surface area contributed by atoms with E-state index in [1.807, 2.05) is 0 Å². The number of carboxylic acid groups (broad SMARTS) is 1. The molecule has 1 amide bonds. The molecule has 186 valence electrons. The number of likely N-dealkylation sites (tertiary alicyclic amines) is 1. The van der Waals surface area contributed by atoms with E-state index in [1.165, 1.54) is 24.5 Å². The van der Waals surface area contributed by atoms with Crippen LogP contribution in [0.1, 0.15) is 12.0 Å². The number of carbonyl (C=O) groups excluding carboxylic acids is 1. The summed E-state index contributed by atoms with van der Waals surface area (Å²) in [6.45, 7) is 0.00551. The average Bonchev–Trinajstić information content (AvgIpc) is 3.41. The summed E-state index contributed by atoms with van der Waals surface area (Å²) in [4.78, 5) is 36.3. The van der Waals surface area contributed by atoms with Gasteiger partial charge in [-0.25, -0.2) is 31.9 Å². The van der Waals surface area contributed by atoms with Gasteiger partial charge in [0.25, 0.3) is 0 Å². The number of pyridine rings is 1. The topological polar surface area (TPSA) is 150 Å². The van der Waals surface area contributed by atoms with E-state index in [0.29, 0.717) is 15.9 Å². The third kappa shape index (κ3) is 4.71. The Hall–Kier alpha value is -3.52. The number of carboxylic acids is 1. The molecule has 3 N–H and O–H groups in total. The molecule has 0 spiro atoms. The Kier molecular flexibility index (Phi) is 6.76. The first-order chi connectivity index (χ1) is 16.6. The van der Waals surface area contributed by atoms with Gasteiger partial charge >= 0.3 is 5.97 Å². The summed E-state index contributed by atoms with van der Waals surface area (Å²) in [5.74, 6) is -2.51. The molecule has 0 unspecified atom stereocenters. The zero-order chi connectivity index (χ0) is 25.4. The Morgan fingerprint density at radius 1 is 1.37 bits per heavy atom. The number of aromatic nitrogens is 2. The maximum Gasteiger partial charge on any atom is 0.326 e. The van der Waals surface area contributed by atoms with E-state index < -0.39 is 40.7 Å². The van der Waals surface area contributed by atoms with Crippen LogP contribution in [-0.2, 0) is 26.9 Å². The number of fused-ring (bicyclic) bond motifs is 1. The number of aliphatic carboxylic acids is 1. The maximum absolute atomic E-state index is 14.8. The Balaban J connectivity index is 1.62. The second kappa shape index (κ2) is 9.62. The molecule has 35 heavy (non-hydrogen) atoms. The van der Waals surface area contributed by atoms with E-state index in [-0.39, 0.29) is 35.8 Å².